The first kappa shape index (κ1) is 11.0. The summed E-state index contributed by atoms with van der Waals surface area (Å²) in [5.41, 5.74) is 1.11. The lowest BCUT2D eigenvalue weighted by Crippen LogP contribution is -2.02. The topological polar surface area (TPSA) is 26.3 Å². The smallest absolute Gasteiger partial charge is 0.197 e. The Bertz CT molecular complexity index is 261. The van der Waals surface area contributed by atoms with Gasteiger partial charge < -0.3 is 4.74 Å². The molecule has 1 aliphatic carbocycles. The summed E-state index contributed by atoms with van der Waals surface area (Å²) >= 11 is 0. The molecule has 0 aromatic rings. The van der Waals surface area contributed by atoms with Crippen LogP contribution in [0.15, 0.2) is 23.5 Å². The quantitative estimate of drug-likeness (QED) is 0.496. The van der Waals surface area contributed by atoms with Crippen LogP contribution in [0.25, 0.3) is 0 Å². The largest absolute Gasteiger partial charge is 0.490 e. The van der Waals surface area contributed by atoms with Gasteiger partial charge in [-0.2, -0.15) is 0 Å². The first-order valence-electron chi connectivity index (χ1n) is 5.26. The molecule has 0 fully saturated rings. The Morgan fingerprint density at radius 1 is 1.36 bits per heavy atom. The number of carbonyl (C=O) groups excluding carboxylic acids is 1. The first-order chi connectivity index (χ1) is 6.75. The van der Waals surface area contributed by atoms with Crippen molar-refractivity contribution in [3.63, 3.8) is 0 Å². The van der Waals surface area contributed by atoms with Gasteiger partial charge in [-0.3, -0.25) is 4.79 Å². The standard InChI is InChI=1S/C12H18O2/c1-3-4-5-6-9-14-12-10(2)7-8-11(12)13/h4-5H,3,6-9H2,1-2H3. The van der Waals surface area contributed by atoms with E-state index in [2.05, 4.69) is 19.1 Å². The molecule has 0 atom stereocenters. The monoisotopic (exact) mass is 194 g/mol. The minimum absolute atomic E-state index is 0.168. The Balaban J connectivity index is 2.27. The molecule has 0 aromatic carbocycles. The lowest BCUT2D eigenvalue weighted by molar-refractivity contribution is -0.118. The van der Waals surface area contributed by atoms with Crippen molar-refractivity contribution in [1.82, 2.24) is 0 Å². The van der Waals surface area contributed by atoms with Crippen molar-refractivity contribution in [1.29, 1.82) is 0 Å². The molecule has 0 amide bonds. The van der Waals surface area contributed by atoms with Crippen LogP contribution in [-0.2, 0) is 9.53 Å². The van der Waals surface area contributed by atoms with Gasteiger partial charge in [-0.25, -0.2) is 0 Å². The van der Waals surface area contributed by atoms with Crippen LogP contribution in [-0.4, -0.2) is 12.4 Å². The number of hydrogen-bond acceptors (Lipinski definition) is 2. The summed E-state index contributed by atoms with van der Waals surface area (Å²) in [4.78, 5) is 11.3. The lowest BCUT2D eigenvalue weighted by atomic mass is 10.3. The van der Waals surface area contributed by atoms with Gasteiger partial charge in [-0.15, -0.1) is 0 Å². The predicted molar refractivity (Wildman–Crippen MR) is 56.9 cm³/mol. The Kier molecular flexibility index (Phi) is 4.44. The van der Waals surface area contributed by atoms with Crippen molar-refractivity contribution in [2.75, 3.05) is 6.61 Å². The summed E-state index contributed by atoms with van der Waals surface area (Å²) < 4.78 is 5.45. The fourth-order valence-electron chi connectivity index (χ4n) is 1.48. The van der Waals surface area contributed by atoms with E-state index in [9.17, 15) is 4.79 Å². The van der Waals surface area contributed by atoms with E-state index in [-0.39, 0.29) is 5.78 Å². The van der Waals surface area contributed by atoms with Crippen molar-refractivity contribution in [2.45, 2.75) is 39.5 Å². The Hall–Kier alpha value is -1.05. The molecular weight excluding hydrogens is 176 g/mol. The molecule has 0 heterocycles. The van der Waals surface area contributed by atoms with Crippen LogP contribution in [0.5, 0.6) is 0 Å². The van der Waals surface area contributed by atoms with Crippen molar-refractivity contribution in [3.05, 3.63) is 23.5 Å². The minimum Gasteiger partial charge on any atom is -0.490 e. The van der Waals surface area contributed by atoms with Crippen molar-refractivity contribution < 1.29 is 9.53 Å². The van der Waals surface area contributed by atoms with Gasteiger partial charge in [0.05, 0.1) is 6.61 Å². The fourth-order valence-corrected chi connectivity index (χ4v) is 1.48. The van der Waals surface area contributed by atoms with Crippen LogP contribution in [0.2, 0.25) is 0 Å². The predicted octanol–water partition coefficient (Wildman–Crippen LogP) is 3.00. The molecular formula is C12H18O2. The maximum atomic E-state index is 11.3. The molecule has 0 bridgehead atoms. The normalized spacial score (nSPS) is 17.1. The van der Waals surface area contributed by atoms with E-state index in [1.165, 1.54) is 0 Å². The first-order valence-corrected chi connectivity index (χ1v) is 5.26. The number of ketones is 1. The lowest BCUT2D eigenvalue weighted by Gasteiger charge is -2.04. The summed E-state index contributed by atoms with van der Waals surface area (Å²) in [6.45, 7) is 4.70. The van der Waals surface area contributed by atoms with E-state index in [1.54, 1.807) is 0 Å². The van der Waals surface area contributed by atoms with Crippen LogP contribution < -0.4 is 0 Å². The second-order valence-electron chi connectivity index (χ2n) is 3.55. The Morgan fingerprint density at radius 2 is 2.14 bits per heavy atom. The van der Waals surface area contributed by atoms with Gasteiger partial charge in [0, 0.05) is 6.42 Å². The number of carbonyl (C=O) groups is 1. The molecule has 0 unspecified atom stereocenters. The summed E-state index contributed by atoms with van der Waals surface area (Å²) in [5, 5.41) is 0. The van der Waals surface area contributed by atoms with Gasteiger partial charge in [-0.1, -0.05) is 19.1 Å². The van der Waals surface area contributed by atoms with E-state index in [0.29, 0.717) is 18.8 Å². The van der Waals surface area contributed by atoms with Crippen LogP contribution in [0.3, 0.4) is 0 Å². The van der Waals surface area contributed by atoms with Crippen molar-refractivity contribution in [3.8, 4) is 0 Å². The second kappa shape index (κ2) is 5.63. The number of ether oxygens (including phenoxy) is 1. The molecule has 0 saturated carbocycles. The number of hydrogen-bond donors (Lipinski definition) is 0. The Morgan fingerprint density at radius 3 is 2.71 bits per heavy atom. The van der Waals surface area contributed by atoms with Gasteiger partial charge in [-0.05, 0) is 31.8 Å². The molecule has 0 radical (unpaired) electrons. The zero-order valence-electron chi connectivity index (χ0n) is 9.01. The molecule has 1 rings (SSSR count). The van der Waals surface area contributed by atoms with E-state index in [0.717, 1.165) is 24.8 Å². The molecule has 78 valence electrons. The molecule has 0 spiro atoms. The van der Waals surface area contributed by atoms with E-state index >= 15 is 0 Å². The maximum absolute atomic E-state index is 11.3. The molecule has 1 aliphatic rings. The number of Topliss-reactive ketones (excluding diaryl/α,β-unsaturated/α-hetero) is 1. The molecule has 2 heteroatoms. The molecule has 0 saturated heterocycles. The number of rotatable bonds is 5. The second-order valence-corrected chi connectivity index (χ2v) is 3.55. The highest BCUT2D eigenvalue weighted by molar-refractivity contribution is 5.96. The highest BCUT2D eigenvalue weighted by Gasteiger charge is 2.21. The van der Waals surface area contributed by atoms with Crippen LogP contribution in [0, 0.1) is 0 Å². The van der Waals surface area contributed by atoms with Gasteiger partial charge in [0.25, 0.3) is 0 Å². The van der Waals surface area contributed by atoms with Crippen LogP contribution >= 0.6 is 0 Å². The van der Waals surface area contributed by atoms with Crippen molar-refractivity contribution >= 4 is 5.78 Å². The van der Waals surface area contributed by atoms with Gasteiger partial charge in [0.15, 0.2) is 11.5 Å². The molecule has 0 aliphatic heterocycles. The maximum Gasteiger partial charge on any atom is 0.197 e. The Labute approximate surface area is 85.6 Å². The van der Waals surface area contributed by atoms with Gasteiger partial charge in [0.1, 0.15) is 0 Å². The van der Waals surface area contributed by atoms with Gasteiger partial charge >= 0.3 is 0 Å². The molecule has 14 heavy (non-hydrogen) atoms. The third-order valence-electron chi connectivity index (χ3n) is 2.30. The zero-order chi connectivity index (χ0) is 10.4. The molecule has 0 N–H and O–H groups in total. The van der Waals surface area contributed by atoms with E-state index < -0.39 is 0 Å². The summed E-state index contributed by atoms with van der Waals surface area (Å²) in [6, 6.07) is 0. The number of allylic oxidation sites excluding steroid dienone is 3. The summed E-state index contributed by atoms with van der Waals surface area (Å²) in [5.74, 6) is 0.789. The van der Waals surface area contributed by atoms with Gasteiger partial charge in [0.2, 0.25) is 0 Å². The van der Waals surface area contributed by atoms with Crippen molar-refractivity contribution in [2.24, 2.45) is 0 Å². The molecule has 0 aromatic heterocycles. The van der Waals surface area contributed by atoms with Crippen LogP contribution in [0.1, 0.15) is 39.5 Å². The highest BCUT2D eigenvalue weighted by Crippen LogP contribution is 2.23. The fraction of sp³-hybridized carbons (Fsp3) is 0.583. The van der Waals surface area contributed by atoms with E-state index in [4.69, 9.17) is 4.74 Å². The summed E-state index contributed by atoms with van der Waals surface area (Å²) in [7, 11) is 0. The minimum atomic E-state index is 0.168. The SMILES string of the molecule is CCC=CCCOC1=C(C)CCC1=O. The summed E-state index contributed by atoms with van der Waals surface area (Å²) in [6.07, 6.45) is 7.65. The van der Waals surface area contributed by atoms with E-state index in [1.807, 2.05) is 6.92 Å². The van der Waals surface area contributed by atoms with Crippen LogP contribution in [0.4, 0.5) is 0 Å². The average molecular weight is 194 g/mol. The molecule has 2 nitrogen and oxygen atoms in total. The third-order valence-corrected chi connectivity index (χ3v) is 2.30. The average Bonchev–Trinajstić information content (AvgIpc) is 2.48. The highest BCUT2D eigenvalue weighted by atomic mass is 16.5. The zero-order valence-corrected chi connectivity index (χ0v) is 9.01. The third kappa shape index (κ3) is 3.02.